The highest BCUT2D eigenvalue weighted by Gasteiger charge is 2.23. The maximum Gasteiger partial charge on any atom is 0.274 e. The Kier molecular flexibility index (Phi) is 7.23. The summed E-state index contributed by atoms with van der Waals surface area (Å²) < 4.78 is 1.96. The van der Waals surface area contributed by atoms with Crippen molar-refractivity contribution in [1.82, 2.24) is 29.9 Å². The number of carbonyl (C=O) groups excluding carboxylic acids is 1. The summed E-state index contributed by atoms with van der Waals surface area (Å²) in [5.74, 6) is 0.0584. The van der Waals surface area contributed by atoms with Gasteiger partial charge in [0.05, 0.1) is 17.2 Å². The van der Waals surface area contributed by atoms with Gasteiger partial charge in [-0.25, -0.2) is 4.98 Å². The number of thiazole rings is 1. The third-order valence-electron chi connectivity index (χ3n) is 5.22. The van der Waals surface area contributed by atoms with Crippen molar-refractivity contribution >= 4 is 29.7 Å². The van der Waals surface area contributed by atoms with Crippen LogP contribution in [0.2, 0.25) is 0 Å². The van der Waals surface area contributed by atoms with E-state index in [1.165, 1.54) is 0 Å². The summed E-state index contributed by atoms with van der Waals surface area (Å²) in [4.78, 5) is 21.6. The van der Waals surface area contributed by atoms with Crippen molar-refractivity contribution < 1.29 is 4.79 Å². The molecule has 1 amide bonds. The lowest BCUT2D eigenvalue weighted by molar-refractivity contribution is 0.0753. The second kappa shape index (κ2) is 9.64. The van der Waals surface area contributed by atoms with E-state index in [9.17, 15) is 4.79 Å². The van der Waals surface area contributed by atoms with E-state index in [2.05, 4.69) is 25.7 Å². The zero-order chi connectivity index (χ0) is 17.8. The van der Waals surface area contributed by atoms with Crippen LogP contribution in [-0.4, -0.2) is 69.7 Å². The van der Waals surface area contributed by atoms with Gasteiger partial charge in [0, 0.05) is 50.8 Å². The molecular weight excluding hydrogens is 384 g/mol. The van der Waals surface area contributed by atoms with Crippen molar-refractivity contribution in [2.75, 3.05) is 39.3 Å². The lowest BCUT2D eigenvalue weighted by atomic mass is 10.1. The second-order valence-corrected chi connectivity index (χ2v) is 7.80. The molecule has 2 aromatic rings. The average Bonchev–Trinajstić information content (AvgIpc) is 3.31. The SMILES string of the molecule is Cl.O=C(c1ccn(C2CCCNC2)n1)N1CCCN(Cc2cscn2)CC1. The zero-order valence-electron chi connectivity index (χ0n) is 15.4. The fraction of sp³-hybridized carbons (Fsp3) is 0.611. The van der Waals surface area contributed by atoms with Crippen LogP contribution in [0.4, 0.5) is 0 Å². The molecule has 2 fully saturated rings. The molecule has 1 N–H and O–H groups in total. The van der Waals surface area contributed by atoms with E-state index >= 15 is 0 Å². The Morgan fingerprint density at radius 3 is 2.96 bits per heavy atom. The van der Waals surface area contributed by atoms with Gasteiger partial charge < -0.3 is 10.2 Å². The Hall–Kier alpha value is -1.48. The molecule has 0 radical (unpaired) electrons. The molecule has 148 valence electrons. The first-order valence-electron chi connectivity index (χ1n) is 9.44. The maximum absolute atomic E-state index is 12.9. The number of piperidine rings is 1. The summed E-state index contributed by atoms with van der Waals surface area (Å²) in [6.07, 6.45) is 5.23. The predicted octanol–water partition coefficient (Wildman–Crippen LogP) is 2.03. The molecule has 9 heteroatoms. The minimum absolute atomic E-state index is 0. The Labute approximate surface area is 170 Å². The second-order valence-electron chi connectivity index (χ2n) is 7.08. The van der Waals surface area contributed by atoms with Gasteiger partial charge in [0.2, 0.25) is 0 Å². The molecule has 0 saturated carbocycles. The molecule has 0 spiro atoms. The van der Waals surface area contributed by atoms with Crippen LogP contribution < -0.4 is 5.32 Å². The molecule has 0 aliphatic carbocycles. The smallest absolute Gasteiger partial charge is 0.274 e. The van der Waals surface area contributed by atoms with Gasteiger partial charge in [-0.05, 0) is 31.9 Å². The normalized spacial score (nSPS) is 21.5. The molecule has 1 atom stereocenters. The van der Waals surface area contributed by atoms with Crippen molar-refractivity contribution in [3.63, 3.8) is 0 Å². The summed E-state index contributed by atoms with van der Waals surface area (Å²) in [6, 6.07) is 2.23. The van der Waals surface area contributed by atoms with Gasteiger partial charge in [-0.2, -0.15) is 5.10 Å². The van der Waals surface area contributed by atoms with E-state index in [-0.39, 0.29) is 18.3 Å². The quantitative estimate of drug-likeness (QED) is 0.835. The highest BCUT2D eigenvalue weighted by atomic mass is 35.5. The van der Waals surface area contributed by atoms with Crippen LogP contribution in [0.15, 0.2) is 23.2 Å². The van der Waals surface area contributed by atoms with Gasteiger partial charge in [-0.15, -0.1) is 23.7 Å². The number of amides is 1. The van der Waals surface area contributed by atoms with Crippen LogP contribution in [0.1, 0.15) is 41.5 Å². The Bertz CT molecular complexity index is 715. The van der Waals surface area contributed by atoms with E-state index in [0.717, 1.165) is 70.8 Å². The first-order chi connectivity index (χ1) is 12.8. The van der Waals surface area contributed by atoms with E-state index < -0.39 is 0 Å². The van der Waals surface area contributed by atoms with Crippen LogP contribution in [0.5, 0.6) is 0 Å². The largest absolute Gasteiger partial charge is 0.336 e. The first kappa shape index (κ1) is 20.3. The number of hydrogen-bond acceptors (Lipinski definition) is 6. The van der Waals surface area contributed by atoms with Crippen molar-refractivity contribution in [1.29, 1.82) is 0 Å². The topological polar surface area (TPSA) is 66.3 Å². The van der Waals surface area contributed by atoms with Gasteiger partial charge in [-0.1, -0.05) is 0 Å². The molecule has 2 aliphatic rings. The number of nitrogens with one attached hydrogen (secondary N) is 1. The zero-order valence-corrected chi connectivity index (χ0v) is 17.1. The number of carbonyl (C=O) groups is 1. The molecule has 0 aromatic carbocycles. The summed E-state index contributed by atoms with van der Waals surface area (Å²) >= 11 is 1.63. The van der Waals surface area contributed by atoms with Gasteiger partial charge in [0.15, 0.2) is 0 Å². The van der Waals surface area contributed by atoms with Crippen LogP contribution >= 0.6 is 23.7 Å². The van der Waals surface area contributed by atoms with Crippen LogP contribution in [0, 0.1) is 0 Å². The van der Waals surface area contributed by atoms with Gasteiger partial charge in [-0.3, -0.25) is 14.4 Å². The summed E-state index contributed by atoms with van der Waals surface area (Å²) in [5.41, 5.74) is 3.57. The Morgan fingerprint density at radius 2 is 2.19 bits per heavy atom. The molecule has 7 nitrogen and oxygen atoms in total. The molecule has 4 heterocycles. The molecule has 2 aromatic heterocycles. The molecular formula is C18H27ClN6OS. The van der Waals surface area contributed by atoms with Gasteiger partial charge in [0.1, 0.15) is 5.69 Å². The standard InChI is InChI=1S/C18H26N6OS.ClH/c25-18(17-4-8-24(21-17)16-3-1-5-19-11-16)23-7-2-6-22(9-10-23)12-15-13-26-14-20-15;/h4,8,13-14,16,19H,1-3,5-7,9-12H2;1H. The van der Waals surface area contributed by atoms with Crippen LogP contribution in [0.25, 0.3) is 0 Å². The molecule has 1 unspecified atom stereocenters. The van der Waals surface area contributed by atoms with E-state index in [1.54, 1.807) is 11.3 Å². The van der Waals surface area contributed by atoms with Crippen molar-refractivity contribution in [2.24, 2.45) is 0 Å². The fourth-order valence-corrected chi connectivity index (χ4v) is 4.30. The third-order valence-corrected chi connectivity index (χ3v) is 5.85. The summed E-state index contributed by atoms with van der Waals surface area (Å²) in [7, 11) is 0. The fourth-order valence-electron chi connectivity index (χ4n) is 3.75. The van der Waals surface area contributed by atoms with Crippen molar-refractivity contribution in [2.45, 2.75) is 31.8 Å². The molecule has 27 heavy (non-hydrogen) atoms. The van der Waals surface area contributed by atoms with E-state index in [0.29, 0.717) is 11.7 Å². The lowest BCUT2D eigenvalue weighted by Crippen LogP contribution is -2.35. The highest BCUT2D eigenvalue weighted by Crippen LogP contribution is 2.17. The third kappa shape index (κ3) is 5.07. The highest BCUT2D eigenvalue weighted by molar-refractivity contribution is 7.07. The Balaban J connectivity index is 0.00000210. The predicted molar refractivity (Wildman–Crippen MR) is 109 cm³/mol. The summed E-state index contributed by atoms with van der Waals surface area (Å²) in [5, 5.41) is 10.1. The van der Waals surface area contributed by atoms with Gasteiger partial charge in [0.25, 0.3) is 5.91 Å². The lowest BCUT2D eigenvalue weighted by Gasteiger charge is -2.23. The first-order valence-corrected chi connectivity index (χ1v) is 10.4. The number of halogens is 1. The van der Waals surface area contributed by atoms with E-state index in [4.69, 9.17) is 0 Å². The average molecular weight is 411 g/mol. The monoisotopic (exact) mass is 410 g/mol. The molecule has 2 saturated heterocycles. The maximum atomic E-state index is 12.9. The minimum Gasteiger partial charge on any atom is -0.336 e. The van der Waals surface area contributed by atoms with E-state index in [1.807, 2.05) is 27.4 Å². The van der Waals surface area contributed by atoms with Crippen molar-refractivity contribution in [3.05, 3.63) is 34.5 Å². The van der Waals surface area contributed by atoms with Crippen LogP contribution in [0.3, 0.4) is 0 Å². The number of rotatable bonds is 4. The molecule has 2 aliphatic heterocycles. The summed E-state index contributed by atoms with van der Waals surface area (Å²) in [6.45, 7) is 6.32. The number of nitrogens with zero attached hydrogens (tertiary/aromatic N) is 5. The molecule has 0 bridgehead atoms. The number of aromatic nitrogens is 3. The van der Waals surface area contributed by atoms with Gasteiger partial charge >= 0.3 is 0 Å². The minimum atomic E-state index is 0. The van der Waals surface area contributed by atoms with Crippen molar-refractivity contribution in [3.8, 4) is 0 Å². The number of hydrogen-bond donors (Lipinski definition) is 1. The Morgan fingerprint density at radius 1 is 1.26 bits per heavy atom. The van der Waals surface area contributed by atoms with Crippen LogP contribution in [-0.2, 0) is 6.54 Å². The molecule has 4 rings (SSSR count).